The van der Waals surface area contributed by atoms with Crippen molar-refractivity contribution in [2.75, 3.05) is 5.75 Å². The number of benzene rings is 1. The van der Waals surface area contributed by atoms with Gasteiger partial charge in [0.15, 0.2) is 0 Å². The Labute approximate surface area is 131 Å². The lowest BCUT2D eigenvalue weighted by Gasteiger charge is -2.12. The second-order valence-corrected chi connectivity index (χ2v) is 6.85. The Hall–Kier alpha value is -1.26. The maximum absolute atomic E-state index is 6.25. The van der Waals surface area contributed by atoms with Crippen LogP contribution in [0.25, 0.3) is 0 Å². The summed E-state index contributed by atoms with van der Waals surface area (Å²) in [6.45, 7) is 8.35. The molecule has 0 radical (unpaired) electrons. The molecule has 2 N–H and O–H groups in total. The van der Waals surface area contributed by atoms with Crippen molar-refractivity contribution in [3.8, 4) is 0 Å². The fourth-order valence-electron chi connectivity index (χ4n) is 2.13. The van der Waals surface area contributed by atoms with Crippen molar-refractivity contribution in [1.29, 1.82) is 0 Å². The van der Waals surface area contributed by atoms with Gasteiger partial charge in [-0.3, -0.25) is 0 Å². The number of nitrogens with zero attached hydrogens (tertiary/aromatic N) is 1. The fourth-order valence-corrected chi connectivity index (χ4v) is 3.03. The highest BCUT2D eigenvalue weighted by Crippen LogP contribution is 2.25. The lowest BCUT2D eigenvalue weighted by atomic mass is 10.0. The van der Waals surface area contributed by atoms with Gasteiger partial charge in [0.25, 0.3) is 5.22 Å². The molecule has 114 valence electrons. The number of hydrogen-bond donors (Lipinski definition) is 1. The maximum atomic E-state index is 6.25. The highest BCUT2D eigenvalue weighted by molar-refractivity contribution is 7.99. The average molecular weight is 304 g/mol. The summed E-state index contributed by atoms with van der Waals surface area (Å²) in [6.07, 6.45) is 1.11. The van der Waals surface area contributed by atoms with Gasteiger partial charge < -0.3 is 10.2 Å². The molecule has 1 unspecified atom stereocenters. The van der Waals surface area contributed by atoms with Crippen LogP contribution in [-0.4, -0.2) is 10.7 Å². The summed E-state index contributed by atoms with van der Waals surface area (Å²) in [5.74, 6) is 2.32. The fraction of sp³-hybridized carbons (Fsp3) is 0.471. The van der Waals surface area contributed by atoms with Gasteiger partial charge in [-0.1, -0.05) is 49.9 Å². The van der Waals surface area contributed by atoms with Crippen LogP contribution in [0.3, 0.4) is 0 Å². The van der Waals surface area contributed by atoms with E-state index in [4.69, 9.17) is 10.2 Å². The molecule has 1 heterocycles. The number of oxazole rings is 1. The Balaban J connectivity index is 1.92. The molecule has 0 saturated carbocycles. The van der Waals surface area contributed by atoms with E-state index in [1.54, 1.807) is 11.8 Å². The Kier molecular flexibility index (Phi) is 5.48. The first-order valence-corrected chi connectivity index (χ1v) is 8.35. The van der Waals surface area contributed by atoms with Gasteiger partial charge >= 0.3 is 0 Å². The van der Waals surface area contributed by atoms with Gasteiger partial charge in [-0.15, -0.1) is 0 Å². The molecule has 21 heavy (non-hydrogen) atoms. The third-order valence-electron chi connectivity index (χ3n) is 3.45. The molecule has 3 nitrogen and oxygen atoms in total. The first-order chi connectivity index (χ1) is 9.95. The minimum Gasteiger partial charge on any atom is -0.437 e. The molecule has 1 atom stereocenters. The SMILES string of the molecule is Cc1nc(SCC(N)c2ccc(CC(C)C)cc2)oc1C. The van der Waals surface area contributed by atoms with E-state index >= 15 is 0 Å². The summed E-state index contributed by atoms with van der Waals surface area (Å²) >= 11 is 1.57. The lowest BCUT2D eigenvalue weighted by Crippen LogP contribution is -2.13. The number of hydrogen-bond acceptors (Lipinski definition) is 4. The molecule has 0 saturated heterocycles. The number of thioether (sulfide) groups is 1. The summed E-state index contributed by atoms with van der Waals surface area (Å²) in [4.78, 5) is 4.36. The van der Waals surface area contributed by atoms with Gasteiger partial charge in [-0.2, -0.15) is 0 Å². The number of aryl methyl sites for hydroxylation is 2. The van der Waals surface area contributed by atoms with Crippen LogP contribution in [0.15, 0.2) is 33.9 Å². The second kappa shape index (κ2) is 7.14. The molecule has 0 bridgehead atoms. The van der Waals surface area contributed by atoms with Crippen LogP contribution in [0.5, 0.6) is 0 Å². The van der Waals surface area contributed by atoms with Crippen LogP contribution in [0.2, 0.25) is 0 Å². The van der Waals surface area contributed by atoms with Crippen molar-refractivity contribution in [1.82, 2.24) is 4.98 Å². The van der Waals surface area contributed by atoms with Crippen molar-refractivity contribution in [2.24, 2.45) is 11.7 Å². The summed E-state index contributed by atoms with van der Waals surface area (Å²) in [5, 5.41) is 0.705. The number of aromatic nitrogens is 1. The van der Waals surface area contributed by atoms with E-state index in [-0.39, 0.29) is 6.04 Å². The summed E-state index contributed by atoms with van der Waals surface area (Å²) < 4.78 is 5.56. The topological polar surface area (TPSA) is 52.0 Å². The van der Waals surface area contributed by atoms with E-state index in [0.29, 0.717) is 11.1 Å². The van der Waals surface area contributed by atoms with Crippen LogP contribution in [-0.2, 0) is 6.42 Å². The van der Waals surface area contributed by atoms with Crippen molar-refractivity contribution in [3.63, 3.8) is 0 Å². The van der Waals surface area contributed by atoms with Crippen molar-refractivity contribution < 1.29 is 4.42 Å². The zero-order valence-corrected chi connectivity index (χ0v) is 14.0. The molecule has 0 aliphatic rings. The third-order valence-corrected chi connectivity index (χ3v) is 4.39. The van der Waals surface area contributed by atoms with E-state index in [2.05, 4.69) is 43.1 Å². The van der Waals surface area contributed by atoms with Gasteiger partial charge in [-0.05, 0) is 37.3 Å². The van der Waals surface area contributed by atoms with Crippen molar-refractivity contribution in [2.45, 2.75) is 45.4 Å². The minimum atomic E-state index is -0.00406. The van der Waals surface area contributed by atoms with Gasteiger partial charge in [-0.25, -0.2) is 4.98 Å². The molecular formula is C17H24N2OS. The predicted octanol–water partition coefficient (Wildman–Crippen LogP) is 4.28. The molecule has 4 heteroatoms. The summed E-state index contributed by atoms with van der Waals surface area (Å²) in [5.41, 5.74) is 9.73. The van der Waals surface area contributed by atoms with Gasteiger partial charge in [0.2, 0.25) is 0 Å². The summed E-state index contributed by atoms with van der Waals surface area (Å²) in [6, 6.07) is 8.62. The van der Waals surface area contributed by atoms with E-state index in [1.165, 1.54) is 5.56 Å². The molecular weight excluding hydrogens is 280 g/mol. The van der Waals surface area contributed by atoms with E-state index in [1.807, 2.05) is 13.8 Å². The van der Waals surface area contributed by atoms with Crippen LogP contribution < -0.4 is 5.73 Å². The minimum absolute atomic E-state index is 0.00406. The lowest BCUT2D eigenvalue weighted by molar-refractivity contribution is 0.431. The third kappa shape index (κ3) is 4.61. The number of rotatable bonds is 6. The second-order valence-electron chi connectivity index (χ2n) is 5.88. The first kappa shape index (κ1) is 16.1. The molecule has 0 aliphatic carbocycles. The summed E-state index contributed by atoms with van der Waals surface area (Å²) in [7, 11) is 0. The zero-order valence-electron chi connectivity index (χ0n) is 13.2. The standard InChI is InChI=1S/C17H24N2OS/c1-11(2)9-14-5-7-15(8-6-14)16(18)10-21-17-19-12(3)13(4)20-17/h5-8,11,16H,9-10,18H2,1-4H3. The highest BCUT2D eigenvalue weighted by Gasteiger charge is 2.11. The predicted molar refractivity (Wildman–Crippen MR) is 88.6 cm³/mol. The molecule has 2 rings (SSSR count). The Bertz CT molecular complexity index is 555. The van der Waals surface area contributed by atoms with E-state index in [9.17, 15) is 0 Å². The Morgan fingerprint density at radius 2 is 1.86 bits per heavy atom. The smallest absolute Gasteiger partial charge is 0.256 e. The quantitative estimate of drug-likeness (QED) is 0.809. The zero-order chi connectivity index (χ0) is 15.4. The van der Waals surface area contributed by atoms with Crippen molar-refractivity contribution in [3.05, 3.63) is 46.8 Å². The van der Waals surface area contributed by atoms with Crippen LogP contribution in [0, 0.1) is 19.8 Å². The van der Waals surface area contributed by atoms with Crippen molar-refractivity contribution >= 4 is 11.8 Å². The maximum Gasteiger partial charge on any atom is 0.256 e. The van der Waals surface area contributed by atoms with Crippen LogP contribution in [0.4, 0.5) is 0 Å². The normalized spacial score (nSPS) is 12.9. The van der Waals surface area contributed by atoms with Crippen LogP contribution in [0.1, 0.15) is 42.5 Å². The molecule has 0 fully saturated rings. The largest absolute Gasteiger partial charge is 0.437 e. The first-order valence-electron chi connectivity index (χ1n) is 7.37. The van der Waals surface area contributed by atoms with E-state index in [0.717, 1.165) is 29.2 Å². The molecule has 1 aromatic carbocycles. The Morgan fingerprint density at radius 3 is 2.38 bits per heavy atom. The molecule has 0 aliphatic heterocycles. The monoisotopic (exact) mass is 304 g/mol. The molecule has 0 spiro atoms. The highest BCUT2D eigenvalue weighted by atomic mass is 32.2. The Morgan fingerprint density at radius 1 is 1.19 bits per heavy atom. The molecule has 2 aromatic rings. The van der Waals surface area contributed by atoms with Crippen LogP contribution >= 0.6 is 11.8 Å². The average Bonchev–Trinajstić information content (AvgIpc) is 2.75. The van der Waals surface area contributed by atoms with Gasteiger partial charge in [0, 0.05) is 11.8 Å². The molecule has 0 amide bonds. The number of nitrogens with two attached hydrogens (primary N) is 1. The molecule has 1 aromatic heterocycles. The van der Waals surface area contributed by atoms with Gasteiger partial charge in [0.05, 0.1) is 5.69 Å². The van der Waals surface area contributed by atoms with E-state index < -0.39 is 0 Å². The van der Waals surface area contributed by atoms with Gasteiger partial charge in [0.1, 0.15) is 5.76 Å².